The normalized spacial score (nSPS) is 11.2. The molecule has 0 saturated carbocycles. The van der Waals surface area contributed by atoms with Crippen molar-refractivity contribution in [2.75, 3.05) is 13.6 Å². The molecule has 0 N–H and O–H groups in total. The smallest absolute Gasteiger partial charge is 0.123 e. The Morgan fingerprint density at radius 3 is 2.57 bits per heavy atom. The second-order valence-electron chi connectivity index (χ2n) is 5.80. The fourth-order valence-corrected chi connectivity index (χ4v) is 2.50. The van der Waals surface area contributed by atoms with Gasteiger partial charge in [-0.3, -0.25) is 0 Å². The Labute approximate surface area is 142 Å². The van der Waals surface area contributed by atoms with Crippen LogP contribution < -0.4 is 0 Å². The van der Waals surface area contributed by atoms with E-state index >= 15 is 0 Å². The number of nitrogens with zero attached hydrogens (tertiary/aromatic N) is 2. The Bertz CT molecular complexity index is 726. The van der Waals surface area contributed by atoms with E-state index in [1.165, 1.54) is 12.1 Å². The van der Waals surface area contributed by atoms with E-state index in [-0.39, 0.29) is 5.82 Å². The topological polar surface area (TPSA) is 15.6 Å². The average Bonchev–Trinajstić information content (AvgIpc) is 2.52. The molecule has 0 fully saturated rings. The van der Waals surface area contributed by atoms with Crippen molar-refractivity contribution >= 4 is 23.6 Å². The van der Waals surface area contributed by atoms with Crippen molar-refractivity contribution in [2.24, 2.45) is 4.99 Å². The van der Waals surface area contributed by atoms with Gasteiger partial charge >= 0.3 is 0 Å². The Kier molecular flexibility index (Phi) is 5.78. The predicted octanol–water partition coefficient (Wildman–Crippen LogP) is 5.30. The van der Waals surface area contributed by atoms with Crippen LogP contribution in [-0.2, 0) is 6.42 Å². The molecule has 23 heavy (non-hydrogen) atoms. The van der Waals surface area contributed by atoms with Gasteiger partial charge in [0.05, 0.1) is 12.0 Å². The van der Waals surface area contributed by atoms with Crippen LogP contribution in [0.3, 0.4) is 0 Å². The molecule has 0 saturated heterocycles. The number of aryl methyl sites for hydroxylation is 2. The minimum atomic E-state index is -0.261. The van der Waals surface area contributed by atoms with Gasteiger partial charge in [-0.15, -0.1) is 0 Å². The summed E-state index contributed by atoms with van der Waals surface area (Å²) in [5.41, 5.74) is 5.12. The van der Waals surface area contributed by atoms with Crippen molar-refractivity contribution in [3.05, 3.63) is 63.4 Å². The zero-order chi connectivity index (χ0) is 17.0. The van der Waals surface area contributed by atoms with Gasteiger partial charge < -0.3 is 4.90 Å². The molecule has 0 aliphatic rings. The molecule has 0 spiro atoms. The van der Waals surface area contributed by atoms with Crippen LogP contribution in [0.15, 0.2) is 35.3 Å². The summed E-state index contributed by atoms with van der Waals surface area (Å²) in [6, 6.07) is 8.66. The van der Waals surface area contributed by atoms with E-state index in [0.717, 1.165) is 34.5 Å². The van der Waals surface area contributed by atoms with Crippen molar-refractivity contribution < 1.29 is 4.39 Å². The van der Waals surface area contributed by atoms with Crippen LogP contribution in [0.25, 0.3) is 0 Å². The summed E-state index contributed by atoms with van der Waals surface area (Å²) < 4.78 is 13.4. The molecule has 2 nitrogen and oxygen atoms in total. The highest BCUT2D eigenvalue weighted by Crippen LogP contribution is 2.27. The van der Waals surface area contributed by atoms with Gasteiger partial charge in [-0.05, 0) is 73.7 Å². The summed E-state index contributed by atoms with van der Waals surface area (Å²) in [5.74, 6) is -0.261. The summed E-state index contributed by atoms with van der Waals surface area (Å²) in [5, 5.41) is 0.593. The molecule has 0 atom stereocenters. The summed E-state index contributed by atoms with van der Waals surface area (Å²) in [6.45, 7) is 7.08. The monoisotopic (exact) mass is 332 g/mol. The number of rotatable bonds is 5. The Hall–Kier alpha value is -1.87. The van der Waals surface area contributed by atoms with Gasteiger partial charge in [-0.2, -0.15) is 0 Å². The van der Waals surface area contributed by atoms with E-state index in [4.69, 9.17) is 11.6 Å². The lowest BCUT2D eigenvalue weighted by atomic mass is 9.97. The third kappa shape index (κ3) is 4.55. The molecule has 2 aromatic carbocycles. The first-order valence-electron chi connectivity index (χ1n) is 7.69. The highest BCUT2D eigenvalue weighted by molar-refractivity contribution is 6.31. The minimum absolute atomic E-state index is 0.261. The Balaban J connectivity index is 2.29. The molecular weight excluding hydrogens is 311 g/mol. The van der Waals surface area contributed by atoms with Gasteiger partial charge in [0, 0.05) is 18.6 Å². The van der Waals surface area contributed by atoms with Crippen LogP contribution in [0.5, 0.6) is 0 Å². The molecule has 0 bridgehead atoms. The fraction of sp³-hybridized carbons (Fsp3) is 0.316. The maximum absolute atomic E-state index is 13.4. The zero-order valence-electron chi connectivity index (χ0n) is 14.0. The van der Waals surface area contributed by atoms with E-state index in [1.54, 1.807) is 6.07 Å². The molecule has 0 radical (unpaired) electrons. The lowest BCUT2D eigenvalue weighted by Crippen LogP contribution is -2.14. The number of hydrogen-bond donors (Lipinski definition) is 0. The third-order valence-electron chi connectivity index (χ3n) is 3.94. The highest BCUT2D eigenvalue weighted by atomic mass is 35.5. The van der Waals surface area contributed by atoms with Gasteiger partial charge in [-0.1, -0.05) is 17.7 Å². The first kappa shape index (κ1) is 17.5. The van der Waals surface area contributed by atoms with Crippen molar-refractivity contribution in [3.8, 4) is 0 Å². The molecule has 122 valence electrons. The van der Waals surface area contributed by atoms with E-state index in [2.05, 4.69) is 24.0 Å². The quantitative estimate of drug-likeness (QED) is 0.536. The molecule has 0 amide bonds. The summed E-state index contributed by atoms with van der Waals surface area (Å²) >= 11 is 6.17. The standard InChI is InChI=1S/C19H22ClFN2/c1-5-23(4)12-22-19-9-13(2)15(8-14(19)3)10-16-11-17(21)6-7-18(16)20/h6-9,11-12H,5,10H2,1-4H3. The molecule has 2 rings (SSSR count). The predicted molar refractivity (Wildman–Crippen MR) is 96.6 cm³/mol. The Morgan fingerprint density at radius 2 is 1.87 bits per heavy atom. The van der Waals surface area contributed by atoms with Crippen LogP contribution in [0.4, 0.5) is 10.1 Å². The molecule has 2 aromatic rings. The van der Waals surface area contributed by atoms with Gasteiger partial charge in [0.2, 0.25) is 0 Å². The number of aliphatic imine (C=N–C) groups is 1. The van der Waals surface area contributed by atoms with E-state index in [0.29, 0.717) is 11.4 Å². The van der Waals surface area contributed by atoms with Crippen molar-refractivity contribution in [2.45, 2.75) is 27.2 Å². The van der Waals surface area contributed by atoms with E-state index < -0.39 is 0 Å². The molecule has 0 aliphatic carbocycles. The van der Waals surface area contributed by atoms with Crippen molar-refractivity contribution in [3.63, 3.8) is 0 Å². The number of hydrogen-bond acceptors (Lipinski definition) is 1. The van der Waals surface area contributed by atoms with Crippen molar-refractivity contribution in [1.82, 2.24) is 4.90 Å². The molecule has 0 aliphatic heterocycles. The van der Waals surface area contributed by atoms with Crippen molar-refractivity contribution in [1.29, 1.82) is 0 Å². The fourth-order valence-electron chi connectivity index (χ4n) is 2.32. The number of benzene rings is 2. The highest BCUT2D eigenvalue weighted by Gasteiger charge is 2.08. The van der Waals surface area contributed by atoms with Gasteiger partial charge in [0.25, 0.3) is 0 Å². The Morgan fingerprint density at radius 1 is 1.13 bits per heavy atom. The first-order chi connectivity index (χ1) is 10.9. The minimum Gasteiger partial charge on any atom is -0.366 e. The van der Waals surface area contributed by atoms with E-state index in [9.17, 15) is 4.39 Å². The molecule has 4 heteroatoms. The molecule has 0 unspecified atom stereocenters. The first-order valence-corrected chi connectivity index (χ1v) is 8.07. The van der Waals surface area contributed by atoms with Crippen LogP contribution in [0, 0.1) is 19.7 Å². The second kappa shape index (κ2) is 7.60. The largest absolute Gasteiger partial charge is 0.366 e. The van der Waals surface area contributed by atoms with Gasteiger partial charge in [0.1, 0.15) is 5.82 Å². The van der Waals surface area contributed by atoms with Crippen LogP contribution in [0.1, 0.15) is 29.2 Å². The molecular formula is C19H22ClFN2. The SMILES string of the molecule is CCN(C)C=Nc1cc(C)c(Cc2cc(F)ccc2Cl)cc1C. The van der Waals surface area contributed by atoms with E-state index in [1.807, 2.05) is 32.1 Å². The third-order valence-corrected chi connectivity index (χ3v) is 4.30. The van der Waals surface area contributed by atoms with Crippen LogP contribution in [-0.4, -0.2) is 24.8 Å². The summed E-state index contributed by atoms with van der Waals surface area (Å²) in [7, 11) is 1.99. The summed E-state index contributed by atoms with van der Waals surface area (Å²) in [6.07, 6.45) is 2.45. The average molecular weight is 333 g/mol. The maximum Gasteiger partial charge on any atom is 0.123 e. The number of halogens is 2. The zero-order valence-corrected chi connectivity index (χ0v) is 14.8. The summed E-state index contributed by atoms with van der Waals surface area (Å²) in [4.78, 5) is 6.56. The maximum atomic E-state index is 13.4. The second-order valence-corrected chi connectivity index (χ2v) is 6.20. The van der Waals surface area contributed by atoms with Crippen LogP contribution in [0.2, 0.25) is 5.02 Å². The van der Waals surface area contributed by atoms with Gasteiger partial charge in [0.15, 0.2) is 0 Å². The van der Waals surface area contributed by atoms with Crippen LogP contribution >= 0.6 is 11.6 Å². The lowest BCUT2D eigenvalue weighted by Gasteiger charge is -2.12. The molecule has 0 aromatic heterocycles. The molecule has 0 heterocycles. The van der Waals surface area contributed by atoms with Gasteiger partial charge in [-0.25, -0.2) is 9.38 Å². The lowest BCUT2D eigenvalue weighted by molar-refractivity contribution is 0.552.